The van der Waals surface area contributed by atoms with Crippen LogP contribution < -0.4 is 14.6 Å². The Kier molecular flexibility index (Phi) is 6.20. The van der Waals surface area contributed by atoms with E-state index >= 15 is 0 Å². The van der Waals surface area contributed by atoms with Gasteiger partial charge in [0.25, 0.3) is 15.8 Å². The van der Waals surface area contributed by atoms with E-state index in [1.807, 2.05) is 25.1 Å². The van der Waals surface area contributed by atoms with Crippen molar-refractivity contribution in [3.05, 3.63) is 48.7 Å². The first-order valence-electron chi connectivity index (χ1n) is 8.39. The van der Waals surface area contributed by atoms with Crippen molar-refractivity contribution in [3.63, 3.8) is 0 Å². The van der Waals surface area contributed by atoms with Crippen LogP contribution in [0.1, 0.15) is 33.6 Å². The van der Waals surface area contributed by atoms with Crippen molar-refractivity contribution < 1.29 is 13.4 Å². The number of aromatic amines is 1. The molecular formula is C18H26N3O2S+. The fourth-order valence-corrected chi connectivity index (χ4v) is 4.03. The predicted molar refractivity (Wildman–Crippen MR) is 97.6 cm³/mol. The van der Waals surface area contributed by atoms with Crippen LogP contribution in [-0.2, 0) is 10.0 Å². The summed E-state index contributed by atoms with van der Waals surface area (Å²) in [6.45, 7) is 6.45. The Morgan fingerprint density at radius 3 is 2.21 bits per heavy atom. The molecule has 0 amide bonds. The molecule has 0 spiro atoms. The average molecular weight is 348 g/mol. The SMILES string of the molecule is CCC(CC)Nc1ccc(S(=O)(=O)N(CC)c2ccccc2)c[nH+]1. The van der Waals surface area contributed by atoms with Gasteiger partial charge in [0.2, 0.25) is 0 Å². The van der Waals surface area contributed by atoms with Gasteiger partial charge in [-0.05, 0) is 38.0 Å². The summed E-state index contributed by atoms with van der Waals surface area (Å²) >= 11 is 0. The van der Waals surface area contributed by atoms with Crippen molar-refractivity contribution in [1.82, 2.24) is 0 Å². The quantitative estimate of drug-likeness (QED) is 0.796. The predicted octanol–water partition coefficient (Wildman–Crippen LogP) is 3.32. The minimum Gasteiger partial charge on any atom is -0.272 e. The Morgan fingerprint density at radius 2 is 1.71 bits per heavy atom. The topological polar surface area (TPSA) is 63.6 Å². The van der Waals surface area contributed by atoms with Gasteiger partial charge in [0.1, 0.15) is 11.1 Å². The summed E-state index contributed by atoms with van der Waals surface area (Å²) in [6, 6.07) is 12.9. The molecule has 0 aliphatic rings. The molecule has 1 aromatic heterocycles. The van der Waals surface area contributed by atoms with E-state index in [0.717, 1.165) is 18.7 Å². The van der Waals surface area contributed by atoms with E-state index in [1.54, 1.807) is 30.5 Å². The van der Waals surface area contributed by atoms with Gasteiger partial charge in [0, 0.05) is 12.6 Å². The van der Waals surface area contributed by atoms with Gasteiger partial charge < -0.3 is 0 Å². The molecule has 6 heteroatoms. The van der Waals surface area contributed by atoms with E-state index in [2.05, 4.69) is 24.1 Å². The van der Waals surface area contributed by atoms with E-state index in [4.69, 9.17) is 0 Å². The Morgan fingerprint density at radius 1 is 1.04 bits per heavy atom. The lowest BCUT2D eigenvalue weighted by Crippen LogP contribution is -2.32. The lowest BCUT2D eigenvalue weighted by Gasteiger charge is -2.22. The maximum Gasteiger partial charge on any atom is 0.272 e. The second kappa shape index (κ2) is 8.15. The van der Waals surface area contributed by atoms with Crippen LogP contribution in [0.4, 0.5) is 11.5 Å². The normalized spacial score (nSPS) is 11.5. The zero-order valence-corrected chi connectivity index (χ0v) is 15.3. The van der Waals surface area contributed by atoms with Crippen LogP contribution in [0.5, 0.6) is 0 Å². The van der Waals surface area contributed by atoms with Crippen molar-refractivity contribution >= 4 is 21.5 Å². The average Bonchev–Trinajstić information content (AvgIpc) is 2.61. The molecule has 5 nitrogen and oxygen atoms in total. The van der Waals surface area contributed by atoms with Gasteiger partial charge >= 0.3 is 0 Å². The number of benzene rings is 1. The van der Waals surface area contributed by atoms with Gasteiger partial charge in [-0.2, -0.15) is 0 Å². The summed E-state index contributed by atoms with van der Waals surface area (Å²) in [5.41, 5.74) is 0.666. The number of rotatable bonds is 8. The van der Waals surface area contributed by atoms with E-state index in [-0.39, 0.29) is 4.90 Å². The van der Waals surface area contributed by atoms with Gasteiger partial charge in [-0.25, -0.2) is 13.4 Å². The summed E-state index contributed by atoms with van der Waals surface area (Å²) in [5.74, 6) is 0.824. The maximum atomic E-state index is 12.9. The third kappa shape index (κ3) is 4.06. The van der Waals surface area contributed by atoms with Gasteiger partial charge in [-0.1, -0.05) is 32.0 Å². The number of hydrogen-bond acceptors (Lipinski definition) is 3. The molecular weight excluding hydrogens is 322 g/mol. The molecule has 0 aliphatic heterocycles. The number of sulfonamides is 1. The monoisotopic (exact) mass is 348 g/mol. The van der Waals surface area contributed by atoms with E-state index in [0.29, 0.717) is 18.3 Å². The lowest BCUT2D eigenvalue weighted by atomic mass is 10.2. The second-order valence-electron chi connectivity index (χ2n) is 5.60. The van der Waals surface area contributed by atoms with E-state index in [9.17, 15) is 8.42 Å². The summed E-state index contributed by atoms with van der Waals surface area (Å²) in [7, 11) is -3.59. The minimum absolute atomic E-state index is 0.253. The number of anilines is 2. The molecule has 130 valence electrons. The summed E-state index contributed by atoms with van der Waals surface area (Å²) in [6.07, 6.45) is 3.58. The molecule has 0 radical (unpaired) electrons. The Labute approximate surface area is 144 Å². The van der Waals surface area contributed by atoms with Gasteiger partial charge in [-0.3, -0.25) is 9.62 Å². The number of para-hydroxylation sites is 1. The first-order chi connectivity index (χ1) is 11.5. The standard InChI is InChI=1S/C18H25N3O2S/c1-4-15(5-2)20-18-13-12-17(14-19-18)24(22,23)21(6-3)16-10-8-7-9-11-16/h7-15H,4-6H2,1-3H3,(H,19,20)/p+1. The number of aromatic nitrogens is 1. The maximum absolute atomic E-state index is 12.9. The van der Waals surface area contributed by atoms with E-state index in [1.165, 1.54) is 4.31 Å². The molecule has 0 fully saturated rings. The van der Waals surface area contributed by atoms with Crippen LogP contribution >= 0.6 is 0 Å². The summed E-state index contributed by atoms with van der Waals surface area (Å²) in [4.78, 5) is 3.31. The van der Waals surface area contributed by atoms with Crippen LogP contribution in [0.25, 0.3) is 0 Å². The number of hydrogen-bond donors (Lipinski definition) is 1. The molecule has 0 atom stereocenters. The van der Waals surface area contributed by atoms with Crippen LogP contribution in [-0.4, -0.2) is 21.0 Å². The number of nitrogens with zero attached hydrogens (tertiary/aromatic N) is 1. The molecule has 1 heterocycles. The van der Waals surface area contributed by atoms with Gasteiger partial charge in [0.05, 0.1) is 11.7 Å². The Bertz CT molecular complexity index is 727. The molecule has 2 aromatic rings. The molecule has 0 aliphatic carbocycles. The summed E-state index contributed by atoms with van der Waals surface area (Å²) in [5, 5.41) is 3.37. The van der Waals surface area contributed by atoms with Crippen LogP contribution in [0.3, 0.4) is 0 Å². The van der Waals surface area contributed by atoms with Gasteiger partial charge in [0.15, 0.2) is 0 Å². The fraction of sp³-hybridized carbons (Fsp3) is 0.389. The lowest BCUT2D eigenvalue weighted by molar-refractivity contribution is -0.364. The number of nitrogens with one attached hydrogen (secondary N) is 2. The molecule has 0 bridgehead atoms. The molecule has 2 N–H and O–H groups in total. The van der Waals surface area contributed by atoms with Crippen molar-refractivity contribution in [3.8, 4) is 0 Å². The highest BCUT2D eigenvalue weighted by atomic mass is 32.2. The highest BCUT2D eigenvalue weighted by Crippen LogP contribution is 2.22. The summed E-state index contributed by atoms with van der Waals surface area (Å²) < 4.78 is 27.2. The highest BCUT2D eigenvalue weighted by molar-refractivity contribution is 7.92. The van der Waals surface area contributed by atoms with Crippen LogP contribution in [0.15, 0.2) is 53.6 Å². The Balaban J connectivity index is 2.26. The third-order valence-electron chi connectivity index (χ3n) is 4.05. The van der Waals surface area contributed by atoms with E-state index < -0.39 is 10.0 Å². The van der Waals surface area contributed by atoms with Crippen molar-refractivity contribution in [2.45, 2.75) is 44.6 Å². The number of H-pyrrole nitrogens is 1. The molecule has 0 unspecified atom stereocenters. The molecule has 1 aromatic carbocycles. The largest absolute Gasteiger partial charge is 0.272 e. The molecule has 0 saturated carbocycles. The van der Waals surface area contributed by atoms with Crippen LogP contribution in [0.2, 0.25) is 0 Å². The minimum atomic E-state index is -3.59. The van der Waals surface area contributed by atoms with Gasteiger partial charge in [-0.15, -0.1) is 0 Å². The van der Waals surface area contributed by atoms with Crippen molar-refractivity contribution in [2.75, 3.05) is 16.2 Å². The zero-order chi connectivity index (χ0) is 17.6. The van der Waals surface area contributed by atoms with Crippen molar-refractivity contribution in [2.24, 2.45) is 0 Å². The highest BCUT2D eigenvalue weighted by Gasteiger charge is 2.25. The number of pyridine rings is 1. The third-order valence-corrected chi connectivity index (χ3v) is 5.95. The zero-order valence-electron chi connectivity index (χ0n) is 14.5. The molecule has 2 rings (SSSR count). The second-order valence-corrected chi connectivity index (χ2v) is 7.46. The molecule has 24 heavy (non-hydrogen) atoms. The molecule has 0 saturated heterocycles. The van der Waals surface area contributed by atoms with Crippen molar-refractivity contribution in [1.29, 1.82) is 0 Å². The van der Waals surface area contributed by atoms with Crippen LogP contribution in [0, 0.1) is 0 Å². The Hall–Kier alpha value is -2.08. The smallest absolute Gasteiger partial charge is 0.272 e. The first kappa shape index (κ1) is 18.3. The first-order valence-corrected chi connectivity index (χ1v) is 9.83. The fourth-order valence-electron chi connectivity index (χ4n) is 2.59.